The number of hydrogen-bond donors (Lipinski definition) is 3. The number of aromatic nitrogens is 10. The molecule has 0 bridgehead atoms. The Balaban J connectivity index is 1.21. The van der Waals surface area contributed by atoms with E-state index in [-0.39, 0.29) is 40.6 Å². The van der Waals surface area contributed by atoms with Gasteiger partial charge in [-0.25, -0.2) is 28.5 Å². The summed E-state index contributed by atoms with van der Waals surface area (Å²) in [6, 6.07) is 12.5. The second-order valence-electron chi connectivity index (χ2n) is 9.37. The minimum Gasteiger partial charge on any atom is -0.476 e. The highest BCUT2D eigenvalue weighted by Crippen LogP contribution is 2.26. The highest BCUT2D eigenvalue weighted by Gasteiger charge is 2.26. The van der Waals surface area contributed by atoms with E-state index < -0.39 is 35.0 Å². The smallest absolute Gasteiger partial charge is 0.360 e. The average molecular weight is 651 g/mol. The molecule has 4 heterocycles. The Morgan fingerprint density at radius 1 is 0.833 bits per heavy atom. The van der Waals surface area contributed by atoms with Crippen molar-refractivity contribution in [3.8, 4) is 52.9 Å². The number of rotatable bonds is 7. The molecule has 18 heteroatoms. The third-order valence-electron chi connectivity index (χ3n) is 6.21. The van der Waals surface area contributed by atoms with E-state index in [1.165, 1.54) is 35.9 Å². The first-order chi connectivity index (χ1) is 23.2. The molecule has 6 rings (SSSR count). The molecule has 0 unspecified atom stereocenters. The monoisotopic (exact) mass is 650 g/mol. The van der Waals surface area contributed by atoms with E-state index in [0.29, 0.717) is 11.3 Å². The lowest BCUT2D eigenvalue weighted by Gasteiger charge is -2.05. The van der Waals surface area contributed by atoms with Gasteiger partial charge in [-0.05, 0) is 66.4 Å². The number of aromatic carboxylic acids is 2. The van der Waals surface area contributed by atoms with Crippen molar-refractivity contribution in [2.24, 2.45) is 7.05 Å². The van der Waals surface area contributed by atoms with Crippen molar-refractivity contribution in [3.63, 3.8) is 0 Å². The maximum atomic E-state index is 14.5. The number of pyridine rings is 1. The van der Waals surface area contributed by atoms with Crippen LogP contribution in [0.4, 0.5) is 8.78 Å². The fourth-order valence-corrected chi connectivity index (χ4v) is 3.90. The van der Waals surface area contributed by atoms with Gasteiger partial charge in [0.2, 0.25) is 17.2 Å². The lowest BCUT2D eigenvalue weighted by atomic mass is 10.2. The molecule has 4 aromatic heterocycles. The first kappa shape index (κ1) is 30.6. The van der Waals surface area contributed by atoms with Crippen LogP contribution >= 0.6 is 0 Å². The Morgan fingerprint density at radius 2 is 1.60 bits per heavy atom. The van der Waals surface area contributed by atoms with Crippen LogP contribution < -0.4 is 9.47 Å². The molecule has 48 heavy (non-hydrogen) atoms. The zero-order valence-electron chi connectivity index (χ0n) is 24.1. The zero-order chi connectivity index (χ0) is 33.8. The molecule has 0 atom stereocenters. The highest BCUT2D eigenvalue weighted by molar-refractivity contribution is 5.89. The van der Waals surface area contributed by atoms with Gasteiger partial charge >= 0.3 is 11.9 Å². The molecule has 6 aromatic rings. The average Bonchev–Trinajstić information content (AvgIpc) is 3.80. The molecule has 0 saturated heterocycles. The predicted octanol–water partition coefficient (Wildman–Crippen LogP) is 2.97. The summed E-state index contributed by atoms with van der Waals surface area (Å²) in [6.45, 7) is 0. The molecule has 0 saturated carbocycles. The van der Waals surface area contributed by atoms with E-state index in [0.717, 1.165) is 16.9 Å². The SMILES string of the molecule is Cn1c(C#Cc2cc(Oc3nn[nH]c3C(=O)O)ccc2F)nnc1-n1nnc(Oc2ccc(C#Cc3ccc(F)cn3)cc2)c1C(=O)O. The summed E-state index contributed by atoms with van der Waals surface area (Å²) in [6.07, 6.45) is 1.06. The molecule has 0 amide bonds. The number of H-pyrrole nitrogens is 1. The summed E-state index contributed by atoms with van der Waals surface area (Å²) in [5, 5.41) is 43.8. The second kappa shape index (κ2) is 12.9. The quantitative estimate of drug-likeness (QED) is 0.213. The van der Waals surface area contributed by atoms with Crippen molar-refractivity contribution in [3.05, 3.63) is 106 Å². The van der Waals surface area contributed by atoms with Crippen molar-refractivity contribution < 1.29 is 38.1 Å². The summed E-state index contributed by atoms with van der Waals surface area (Å²) >= 11 is 0. The van der Waals surface area contributed by atoms with Gasteiger partial charge in [0.15, 0.2) is 0 Å². The van der Waals surface area contributed by atoms with Crippen LogP contribution in [0.2, 0.25) is 0 Å². The molecule has 2 aromatic carbocycles. The number of aromatic amines is 1. The topological polar surface area (TPSA) is 209 Å². The first-order valence-corrected chi connectivity index (χ1v) is 13.3. The van der Waals surface area contributed by atoms with Gasteiger partial charge in [-0.3, -0.25) is 4.57 Å². The van der Waals surface area contributed by atoms with Gasteiger partial charge in [0.1, 0.15) is 28.8 Å². The van der Waals surface area contributed by atoms with E-state index in [1.54, 1.807) is 24.3 Å². The normalized spacial score (nSPS) is 10.4. The van der Waals surface area contributed by atoms with Crippen LogP contribution in [-0.4, -0.2) is 72.3 Å². The van der Waals surface area contributed by atoms with Crippen molar-refractivity contribution in [1.29, 1.82) is 0 Å². The van der Waals surface area contributed by atoms with Crippen LogP contribution in [0, 0.1) is 35.3 Å². The van der Waals surface area contributed by atoms with Crippen molar-refractivity contribution >= 4 is 11.9 Å². The van der Waals surface area contributed by atoms with E-state index in [4.69, 9.17) is 9.47 Å². The van der Waals surface area contributed by atoms with Crippen LogP contribution in [0.1, 0.15) is 43.6 Å². The molecular formula is C30H16F2N10O6. The van der Waals surface area contributed by atoms with Gasteiger partial charge in [-0.1, -0.05) is 32.5 Å². The van der Waals surface area contributed by atoms with Crippen LogP contribution in [0.3, 0.4) is 0 Å². The van der Waals surface area contributed by atoms with Gasteiger partial charge in [-0.15, -0.1) is 10.2 Å². The van der Waals surface area contributed by atoms with E-state index >= 15 is 0 Å². The van der Waals surface area contributed by atoms with Gasteiger partial charge in [0.05, 0.1) is 11.8 Å². The summed E-state index contributed by atoms with van der Waals surface area (Å²) in [5.74, 6) is 6.43. The van der Waals surface area contributed by atoms with Crippen LogP contribution in [0.25, 0.3) is 5.95 Å². The molecular weight excluding hydrogens is 634 g/mol. The first-order valence-electron chi connectivity index (χ1n) is 13.3. The lowest BCUT2D eigenvalue weighted by molar-refractivity contribution is 0.0674. The molecule has 0 spiro atoms. The van der Waals surface area contributed by atoms with E-state index in [9.17, 15) is 28.6 Å². The fraction of sp³-hybridized carbons (Fsp3) is 0.0333. The summed E-state index contributed by atoms with van der Waals surface area (Å²) in [5.41, 5.74) is -0.0403. The maximum absolute atomic E-state index is 14.5. The second-order valence-corrected chi connectivity index (χ2v) is 9.37. The number of nitrogens with zero attached hydrogens (tertiary/aromatic N) is 9. The number of hydrogen-bond acceptors (Lipinski definition) is 11. The van der Waals surface area contributed by atoms with Crippen molar-refractivity contribution in [1.82, 2.24) is 50.2 Å². The molecule has 236 valence electrons. The lowest BCUT2D eigenvalue weighted by Crippen LogP contribution is -2.13. The number of benzene rings is 2. The maximum Gasteiger partial charge on any atom is 0.360 e. The molecule has 0 aliphatic rings. The Labute approximate surface area is 266 Å². The largest absolute Gasteiger partial charge is 0.476 e. The van der Waals surface area contributed by atoms with Gasteiger partial charge in [-0.2, -0.15) is 4.68 Å². The third kappa shape index (κ3) is 6.48. The number of halogens is 2. The van der Waals surface area contributed by atoms with Crippen LogP contribution in [0.15, 0.2) is 60.8 Å². The number of carbonyl (C=O) groups is 2. The third-order valence-corrected chi connectivity index (χ3v) is 6.21. The minimum atomic E-state index is -1.43. The molecule has 0 aliphatic carbocycles. The summed E-state index contributed by atoms with van der Waals surface area (Å²) in [7, 11) is 1.47. The molecule has 0 fully saturated rings. The van der Waals surface area contributed by atoms with Crippen molar-refractivity contribution in [2.45, 2.75) is 0 Å². The van der Waals surface area contributed by atoms with Gasteiger partial charge in [0, 0.05) is 12.6 Å². The Bertz CT molecular complexity index is 2310. The zero-order valence-corrected chi connectivity index (χ0v) is 24.1. The fourth-order valence-electron chi connectivity index (χ4n) is 3.90. The van der Waals surface area contributed by atoms with E-state index in [1.807, 2.05) is 0 Å². The minimum absolute atomic E-state index is 0.00206. The molecule has 0 aliphatic heterocycles. The number of carboxylic acid groups (broad SMARTS) is 2. The van der Waals surface area contributed by atoms with E-state index in [2.05, 4.69) is 64.6 Å². The molecule has 3 N–H and O–H groups in total. The molecule has 0 radical (unpaired) electrons. The Kier molecular flexibility index (Phi) is 8.19. The Morgan fingerprint density at radius 3 is 2.33 bits per heavy atom. The summed E-state index contributed by atoms with van der Waals surface area (Å²) in [4.78, 5) is 27.4. The predicted molar refractivity (Wildman–Crippen MR) is 155 cm³/mol. The number of carboxylic acids is 2. The van der Waals surface area contributed by atoms with Crippen molar-refractivity contribution in [2.75, 3.05) is 0 Å². The molecule has 16 nitrogen and oxygen atoms in total. The summed E-state index contributed by atoms with van der Waals surface area (Å²) < 4.78 is 40.9. The standard InChI is InChI=1S/C30H16F2N10O6/c1-41-23(13-5-17-14-21(11-12-22(17)32)48-26-24(28(43)44)35-39-36-26)34-38-30(41)42-25(29(45)46)27(37-40-42)47-20-9-3-16(4-10-20)2-7-19-8-6-18(31)15-33-19/h3-4,6,8-12,14-15H,1H3,(H,43,44)(H,45,46)(H,35,36,39). The Hall–Kier alpha value is -7.47. The highest BCUT2D eigenvalue weighted by atomic mass is 19.1. The van der Waals surface area contributed by atoms with Gasteiger partial charge in [0.25, 0.3) is 17.7 Å². The van der Waals surface area contributed by atoms with Crippen LogP contribution in [-0.2, 0) is 7.05 Å². The number of nitrogens with one attached hydrogen (secondary N) is 1. The van der Waals surface area contributed by atoms with Gasteiger partial charge < -0.3 is 19.7 Å². The van der Waals surface area contributed by atoms with Crippen LogP contribution in [0.5, 0.6) is 23.3 Å². The number of ether oxygens (including phenoxy) is 2.